The molecule has 0 aliphatic rings. The van der Waals surface area contributed by atoms with Gasteiger partial charge < -0.3 is 16.0 Å². The Morgan fingerprint density at radius 3 is 2.40 bits per heavy atom. The van der Waals surface area contributed by atoms with Gasteiger partial charge in [0.2, 0.25) is 5.91 Å². The fourth-order valence-corrected chi connectivity index (χ4v) is 3.41. The summed E-state index contributed by atoms with van der Waals surface area (Å²) in [5, 5.41) is 8.66. The molecule has 0 heterocycles. The Balaban J connectivity index is 0.00000450. The number of hydrogen-bond donors (Lipinski definition) is 3. The number of halogens is 2. The zero-order chi connectivity index (χ0) is 21.3. The maximum absolute atomic E-state index is 13.6. The van der Waals surface area contributed by atoms with Crippen molar-refractivity contribution in [3.63, 3.8) is 0 Å². The van der Waals surface area contributed by atoms with E-state index in [2.05, 4.69) is 20.9 Å². The van der Waals surface area contributed by atoms with Crippen LogP contribution in [0.5, 0.6) is 0 Å². The highest BCUT2D eigenvalue weighted by atomic mass is 127. The lowest BCUT2D eigenvalue weighted by Crippen LogP contribution is -2.41. The van der Waals surface area contributed by atoms with Crippen molar-refractivity contribution in [1.29, 1.82) is 0 Å². The number of nitrogens with one attached hydrogen (secondary N) is 3. The van der Waals surface area contributed by atoms with E-state index in [0.29, 0.717) is 29.3 Å². The summed E-state index contributed by atoms with van der Waals surface area (Å²) < 4.78 is 36.8. The molecule has 2 aromatic carbocycles. The summed E-state index contributed by atoms with van der Waals surface area (Å²) in [7, 11) is -3.27. The molecule has 1 amide bonds. The van der Waals surface area contributed by atoms with Gasteiger partial charge in [-0.1, -0.05) is 24.3 Å². The molecule has 0 radical (unpaired) electrons. The van der Waals surface area contributed by atoms with Crippen molar-refractivity contribution in [2.75, 3.05) is 24.7 Å². The van der Waals surface area contributed by atoms with E-state index in [4.69, 9.17) is 0 Å². The Morgan fingerprint density at radius 2 is 1.77 bits per heavy atom. The van der Waals surface area contributed by atoms with E-state index in [-0.39, 0.29) is 48.7 Å². The van der Waals surface area contributed by atoms with Crippen molar-refractivity contribution in [2.45, 2.75) is 19.2 Å². The predicted molar refractivity (Wildman–Crippen MR) is 128 cm³/mol. The number of nitrogens with zero attached hydrogens (tertiary/aromatic N) is 1. The molecule has 2 aromatic rings. The first-order valence-corrected chi connectivity index (χ1v) is 11.1. The van der Waals surface area contributed by atoms with Crippen LogP contribution in [0.1, 0.15) is 18.1 Å². The molecule has 0 spiro atoms. The topological polar surface area (TPSA) is 99.7 Å². The van der Waals surface area contributed by atoms with Crippen LogP contribution < -0.4 is 16.0 Å². The number of para-hydroxylation sites is 1. The monoisotopic (exact) mass is 548 g/mol. The molecule has 0 fully saturated rings. The highest BCUT2D eigenvalue weighted by Gasteiger charge is 2.11. The van der Waals surface area contributed by atoms with Gasteiger partial charge in [0.05, 0.1) is 18.8 Å². The molecule has 3 N–H and O–H groups in total. The van der Waals surface area contributed by atoms with Crippen LogP contribution in [0.3, 0.4) is 0 Å². The van der Waals surface area contributed by atoms with Gasteiger partial charge in [-0.2, -0.15) is 0 Å². The third-order valence-corrected chi connectivity index (χ3v) is 4.65. The fourth-order valence-electron chi connectivity index (χ4n) is 2.56. The smallest absolute Gasteiger partial charge is 0.243 e. The minimum Gasteiger partial charge on any atom is -0.357 e. The number of rotatable bonds is 8. The number of anilines is 1. The average molecular weight is 548 g/mol. The minimum absolute atomic E-state index is 0. The lowest BCUT2D eigenvalue weighted by molar-refractivity contribution is -0.115. The van der Waals surface area contributed by atoms with Crippen molar-refractivity contribution < 1.29 is 17.6 Å². The minimum atomic E-state index is -3.27. The first-order valence-electron chi connectivity index (χ1n) is 9.09. The number of carbonyl (C=O) groups excluding carboxylic acids is 1. The van der Waals surface area contributed by atoms with Gasteiger partial charge in [-0.3, -0.25) is 4.79 Å². The van der Waals surface area contributed by atoms with Crippen LogP contribution in [-0.4, -0.2) is 39.6 Å². The SMILES string of the molecule is CCNC(=NCc1cc(F)ccc1CS(C)(=O)=O)NCC(=O)Nc1ccccc1.I. The van der Waals surface area contributed by atoms with E-state index < -0.39 is 15.7 Å². The van der Waals surface area contributed by atoms with Gasteiger partial charge >= 0.3 is 0 Å². The Morgan fingerprint density at radius 1 is 1.07 bits per heavy atom. The van der Waals surface area contributed by atoms with Crippen molar-refractivity contribution >= 4 is 51.4 Å². The number of aliphatic imine (C=N–C) groups is 1. The van der Waals surface area contributed by atoms with Gasteiger partial charge in [-0.15, -0.1) is 24.0 Å². The summed E-state index contributed by atoms with van der Waals surface area (Å²) in [5.74, 6) is -0.537. The molecule has 0 atom stereocenters. The molecular formula is C20H26FIN4O3S. The molecule has 30 heavy (non-hydrogen) atoms. The van der Waals surface area contributed by atoms with E-state index in [1.807, 2.05) is 25.1 Å². The second kappa shape index (κ2) is 12.5. The van der Waals surface area contributed by atoms with Crippen molar-refractivity contribution in [3.05, 3.63) is 65.5 Å². The van der Waals surface area contributed by atoms with Gasteiger partial charge in [0.1, 0.15) is 5.82 Å². The lowest BCUT2D eigenvalue weighted by atomic mass is 10.1. The summed E-state index contributed by atoms with van der Waals surface area (Å²) >= 11 is 0. The van der Waals surface area contributed by atoms with E-state index in [1.165, 1.54) is 18.2 Å². The summed E-state index contributed by atoms with van der Waals surface area (Å²) in [5.41, 5.74) is 1.66. The number of amides is 1. The average Bonchev–Trinajstić information content (AvgIpc) is 2.65. The highest BCUT2D eigenvalue weighted by molar-refractivity contribution is 14.0. The fraction of sp³-hybridized carbons (Fsp3) is 0.300. The van der Waals surface area contributed by atoms with E-state index in [9.17, 15) is 17.6 Å². The summed E-state index contributed by atoms with van der Waals surface area (Å²) in [4.78, 5) is 16.4. The third-order valence-electron chi connectivity index (χ3n) is 3.81. The van der Waals surface area contributed by atoms with Gasteiger partial charge in [-0.25, -0.2) is 17.8 Å². The predicted octanol–water partition coefficient (Wildman–Crippen LogP) is 2.68. The van der Waals surface area contributed by atoms with Gasteiger partial charge in [-0.05, 0) is 42.3 Å². The molecule has 0 aliphatic carbocycles. The highest BCUT2D eigenvalue weighted by Crippen LogP contribution is 2.15. The second-order valence-electron chi connectivity index (χ2n) is 6.45. The Hall–Kier alpha value is -2.21. The second-order valence-corrected chi connectivity index (χ2v) is 8.59. The summed E-state index contributed by atoms with van der Waals surface area (Å²) in [6.07, 6.45) is 1.13. The Bertz CT molecular complexity index is 969. The molecule has 7 nitrogen and oxygen atoms in total. The zero-order valence-electron chi connectivity index (χ0n) is 16.8. The first-order chi connectivity index (χ1) is 13.8. The Labute approximate surface area is 193 Å². The molecular weight excluding hydrogens is 522 g/mol. The van der Waals surface area contributed by atoms with Crippen LogP contribution in [0.25, 0.3) is 0 Å². The molecule has 164 valence electrons. The number of sulfone groups is 1. The van der Waals surface area contributed by atoms with Crippen molar-refractivity contribution in [3.8, 4) is 0 Å². The molecule has 0 aliphatic heterocycles. The van der Waals surface area contributed by atoms with Gasteiger partial charge in [0, 0.05) is 18.5 Å². The van der Waals surface area contributed by atoms with Crippen molar-refractivity contribution in [1.82, 2.24) is 10.6 Å². The van der Waals surface area contributed by atoms with Crippen LogP contribution in [0.15, 0.2) is 53.5 Å². The Kier molecular flexibility index (Phi) is 10.7. The van der Waals surface area contributed by atoms with Crippen LogP contribution in [0.2, 0.25) is 0 Å². The summed E-state index contributed by atoms with van der Waals surface area (Å²) in [6, 6.07) is 13.0. The maximum Gasteiger partial charge on any atom is 0.243 e. The van der Waals surface area contributed by atoms with E-state index >= 15 is 0 Å². The van der Waals surface area contributed by atoms with Gasteiger partial charge in [0.15, 0.2) is 15.8 Å². The summed E-state index contributed by atoms with van der Waals surface area (Å²) in [6.45, 7) is 2.49. The number of benzene rings is 2. The molecule has 0 bridgehead atoms. The lowest BCUT2D eigenvalue weighted by Gasteiger charge is -2.12. The molecule has 0 saturated carbocycles. The maximum atomic E-state index is 13.6. The van der Waals surface area contributed by atoms with E-state index in [0.717, 1.165) is 6.26 Å². The zero-order valence-corrected chi connectivity index (χ0v) is 20.0. The van der Waals surface area contributed by atoms with Crippen LogP contribution in [0, 0.1) is 5.82 Å². The molecule has 10 heteroatoms. The standard InChI is InChI=1S/C20H25FN4O3S.HI/c1-3-22-20(24-13-19(26)25-18-7-5-4-6-8-18)23-12-16-11-17(21)10-9-15(16)14-29(2,27)28;/h4-11H,3,12-14H2,1-2H3,(H,25,26)(H2,22,23,24);1H. The molecule has 0 unspecified atom stereocenters. The van der Waals surface area contributed by atoms with Crippen LogP contribution in [-0.2, 0) is 26.9 Å². The van der Waals surface area contributed by atoms with Crippen LogP contribution >= 0.6 is 24.0 Å². The normalized spacial score (nSPS) is 11.4. The number of hydrogen-bond acceptors (Lipinski definition) is 4. The third kappa shape index (κ3) is 9.53. The molecule has 0 aromatic heterocycles. The quantitative estimate of drug-likeness (QED) is 0.268. The van der Waals surface area contributed by atoms with Crippen LogP contribution in [0.4, 0.5) is 10.1 Å². The first kappa shape index (κ1) is 25.8. The molecule has 0 saturated heterocycles. The largest absolute Gasteiger partial charge is 0.357 e. The number of carbonyl (C=O) groups is 1. The van der Waals surface area contributed by atoms with Crippen molar-refractivity contribution in [2.24, 2.45) is 4.99 Å². The molecule has 2 rings (SSSR count). The van der Waals surface area contributed by atoms with E-state index in [1.54, 1.807) is 12.1 Å². The van der Waals surface area contributed by atoms with Gasteiger partial charge in [0.25, 0.3) is 0 Å². The number of guanidine groups is 1.